The minimum atomic E-state index is -5.10. The largest absolute Gasteiger partial charge is 0.490 e. The predicted octanol–water partition coefficient (Wildman–Crippen LogP) is 4.01. The highest BCUT2D eigenvalue weighted by Gasteiger charge is 2.50. The zero-order valence-corrected chi connectivity index (χ0v) is 22.4. The van der Waals surface area contributed by atoms with E-state index in [1.54, 1.807) is 17.8 Å². The van der Waals surface area contributed by atoms with E-state index in [2.05, 4.69) is 16.9 Å². The van der Waals surface area contributed by atoms with Gasteiger partial charge in [0.2, 0.25) is 0 Å². The lowest BCUT2D eigenvalue weighted by Crippen LogP contribution is -2.50. The van der Waals surface area contributed by atoms with Crippen molar-refractivity contribution in [1.82, 2.24) is 14.7 Å². The average Bonchev–Trinajstić information content (AvgIpc) is 3.35. The summed E-state index contributed by atoms with van der Waals surface area (Å²) < 4.78 is 74.3. The van der Waals surface area contributed by atoms with E-state index >= 15 is 0 Å². The number of piperidine rings is 1. The Balaban J connectivity index is 1.48. The molecule has 2 aromatic rings. The maximum absolute atomic E-state index is 12.8. The fourth-order valence-electron chi connectivity index (χ4n) is 4.83. The maximum Gasteiger partial charge on any atom is 0.490 e. The van der Waals surface area contributed by atoms with Crippen LogP contribution in [0.15, 0.2) is 12.4 Å². The molecule has 0 amide bonds. The normalized spacial score (nSPS) is 25.2. The number of carbonyl (C=O) groups excluding carboxylic acids is 1. The Morgan fingerprint density at radius 3 is 2.78 bits per heavy atom. The second kappa shape index (κ2) is 9.90. The quantitative estimate of drug-likeness (QED) is 0.486. The third kappa shape index (κ3) is 5.74. The second-order valence-electron chi connectivity index (χ2n) is 9.46. The molecule has 4 rings (SSSR count). The molecule has 2 aliphatic heterocycles. The number of aryl methyl sites for hydroxylation is 1. The van der Waals surface area contributed by atoms with Crippen LogP contribution in [0.5, 0.6) is 0 Å². The van der Waals surface area contributed by atoms with E-state index in [0.717, 1.165) is 10.4 Å². The van der Waals surface area contributed by atoms with Gasteiger partial charge in [0.05, 0.1) is 29.4 Å². The predicted molar refractivity (Wildman–Crippen MR) is 128 cm³/mol. The topological polar surface area (TPSA) is 90.7 Å². The highest BCUT2D eigenvalue weighted by molar-refractivity contribution is 7.90. The first-order valence-corrected chi connectivity index (χ1v) is 14.6. The smallest absolute Gasteiger partial charge is 0.448 e. The first kappa shape index (κ1) is 27.4. The zero-order valence-electron chi connectivity index (χ0n) is 20.0. The summed E-state index contributed by atoms with van der Waals surface area (Å²) in [4.78, 5) is 14.5. The fraction of sp³-hybridized carbons (Fsp3) is 0.636. The molecule has 0 aromatic carbocycles. The number of nitrogens with zero attached hydrogens (tertiary/aromatic N) is 3. The average molecular weight is 570 g/mol. The molecule has 1 fully saturated rings. The zero-order chi connectivity index (χ0) is 26.5. The van der Waals surface area contributed by atoms with Gasteiger partial charge in [-0.2, -0.15) is 18.3 Å². The van der Waals surface area contributed by atoms with Gasteiger partial charge in [-0.15, -0.1) is 11.3 Å². The van der Waals surface area contributed by atoms with Crippen LogP contribution in [0.1, 0.15) is 47.4 Å². The van der Waals surface area contributed by atoms with Crippen LogP contribution in [0.2, 0.25) is 4.34 Å². The molecule has 1 unspecified atom stereocenters. The molecule has 200 valence electrons. The number of hydrogen-bond acceptors (Lipinski definition) is 8. The number of alkyl halides is 3. The van der Waals surface area contributed by atoms with Gasteiger partial charge in [0.1, 0.15) is 15.4 Å². The van der Waals surface area contributed by atoms with Gasteiger partial charge in [0.15, 0.2) is 6.10 Å². The summed E-state index contributed by atoms with van der Waals surface area (Å²) in [5, 5.41) is 4.25. The lowest BCUT2D eigenvalue weighted by molar-refractivity contribution is -0.214. The number of carbonyl (C=O) groups is 1. The van der Waals surface area contributed by atoms with Gasteiger partial charge >= 0.3 is 12.1 Å². The van der Waals surface area contributed by atoms with Crippen LogP contribution < -0.4 is 0 Å². The number of hydrogen-bond donors (Lipinski definition) is 0. The number of fused-ring (bicyclic) bond motifs is 2. The molecule has 0 bridgehead atoms. The van der Waals surface area contributed by atoms with E-state index in [0.29, 0.717) is 41.4 Å². The van der Waals surface area contributed by atoms with Crippen LogP contribution in [0, 0.1) is 6.92 Å². The van der Waals surface area contributed by atoms with E-state index in [-0.39, 0.29) is 24.9 Å². The number of halogens is 4. The minimum Gasteiger partial charge on any atom is -0.448 e. The number of esters is 1. The van der Waals surface area contributed by atoms with Crippen molar-refractivity contribution < 1.29 is 35.9 Å². The summed E-state index contributed by atoms with van der Waals surface area (Å²) in [6, 6.07) is 0.0569. The van der Waals surface area contributed by atoms with Crippen LogP contribution in [0.25, 0.3) is 0 Å². The molecule has 2 aliphatic rings. The molecule has 1 spiro atoms. The van der Waals surface area contributed by atoms with Crippen molar-refractivity contribution in [3.05, 3.63) is 38.3 Å². The van der Waals surface area contributed by atoms with Crippen molar-refractivity contribution in [2.45, 2.75) is 63.7 Å². The molecule has 36 heavy (non-hydrogen) atoms. The lowest BCUT2D eigenvalue weighted by atomic mass is 9.80. The molecule has 3 atom stereocenters. The van der Waals surface area contributed by atoms with Crippen LogP contribution in [-0.4, -0.2) is 66.4 Å². The van der Waals surface area contributed by atoms with Crippen molar-refractivity contribution >= 4 is 38.7 Å². The molecule has 4 heterocycles. The summed E-state index contributed by atoms with van der Waals surface area (Å²) in [5.74, 6) is -2.24. The molecule has 2 aromatic heterocycles. The first-order valence-electron chi connectivity index (χ1n) is 11.3. The van der Waals surface area contributed by atoms with Gasteiger partial charge in [-0.05, 0) is 32.3 Å². The van der Waals surface area contributed by atoms with Crippen LogP contribution in [0.3, 0.4) is 0 Å². The Kier molecular flexibility index (Phi) is 7.52. The van der Waals surface area contributed by atoms with E-state index in [9.17, 15) is 26.4 Å². The summed E-state index contributed by atoms with van der Waals surface area (Å²) in [5.41, 5.74) is 1.34. The number of aromatic nitrogens is 2. The molecule has 0 N–H and O–H groups in total. The number of rotatable bonds is 6. The first-order chi connectivity index (χ1) is 16.7. The van der Waals surface area contributed by atoms with E-state index in [1.165, 1.54) is 17.6 Å². The SMILES string of the molecule is Cc1c(Cl)sc2c1C(OC(=O)C(F)(F)F)CO[C@@]21CCN(Cc2cnn(CCS(C)(=O)=O)c2)[C@@H](C)C1. The molecule has 14 heteroatoms. The highest BCUT2D eigenvalue weighted by Crippen LogP contribution is 2.53. The maximum atomic E-state index is 12.8. The third-order valence-electron chi connectivity index (χ3n) is 6.68. The third-order valence-corrected chi connectivity index (χ3v) is 9.40. The number of sulfone groups is 1. The monoisotopic (exact) mass is 569 g/mol. The summed E-state index contributed by atoms with van der Waals surface area (Å²) in [7, 11) is -3.09. The molecule has 0 saturated carbocycles. The van der Waals surface area contributed by atoms with Crippen LogP contribution >= 0.6 is 22.9 Å². The highest BCUT2D eigenvalue weighted by atomic mass is 35.5. The number of likely N-dealkylation sites (tertiary alicyclic amines) is 1. The van der Waals surface area contributed by atoms with Crippen molar-refractivity contribution in [2.75, 3.05) is 25.2 Å². The van der Waals surface area contributed by atoms with Gasteiger partial charge in [0, 0.05) is 47.6 Å². The van der Waals surface area contributed by atoms with Crippen LogP contribution in [-0.2, 0) is 42.8 Å². The second-order valence-corrected chi connectivity index (χ2v) is 13.3. The van der Waals surface area contributed by atoms with Gasteiger partial charge in [-0.25, -0.2) is 13.2 Å². The Bertz CT molecular complexity index is 1250. The van der Waals surface area contributed by atoms with E-state index in [1.807, 2.05) is 6.20 Å². The van der Waals surface area contributed by atoms with Gasteiger partial charge in [0.25, 0.3) is 0 Å². The van der Waals surface area contributed by atoms with Gasteiger partial charge in [-0.3, -0.25) is 9.58 Å². The van der Waals surface area contributed by atoms with E-state index in [4.69, 9.17) is 21.1 Å². The summed E-state index contributed by atoms with van der Waals surface area (Å²) >= 11 is 7.65. The van der Waals surface area contributed by atoms with Gasteiger partial charge < -0.3 is 9.47 Å². The minimum absolute atomic E-state index is 0.0124. The van der Waals surface area contributed by atoms with Crippen LogP contribution in [0.4, 0.5) is 13.2 Å². The van der Waals surface area contributed by atoms with E-state index < -0.39 is 33.7 Å². The Hall–Kier alpha value is -1.67. The van der Waals surface area contributed by atoms with Crippen molar-refractivity contribution in [2.24, 2.45) is 0 Å². The Morgan fingerprint density at radius 2 is 2.14 bits per heavy atom. The van der Waals surface area contributed by atoms with Gasteiger partial charge in [-0.1, -0.05) is 11.6 Å². The molecule has 8 nitrogen and oxygen atoms in total. The molecular formula is C22H27ClF3N3O5S2. The standard InChI is InChI=1S/C22H27ClF3N3O5S2/c1-13-8-21(4-5-28(13)10-15-9-27-29(11-15)6-7-36(3,31)32)18-17(14(2)19(23)35-18)16(12-33-21)34-20(30)22(24,25)26/h9,11,13,16H,4-8,10,12H2,1-3H3/t13-,16?,21+/m0/s1. The van der Waals surface area contributed by atoms with Crippen molar-refractivity contribution in [3.63, 3.8) is 0 Å². The number of thiophene rings is 1. The Morgan fingerprint density at radius 1 is 1.42 bits per heavy atom. The summed E-state index contributed by atoms with van der Waals surface area (Å²) in [6.45, 7) is 5.13. The van der Waals surface area contributed by atoms with Crippen molar-refractivity contribution in [3.8, 4) is 0 Å². The number of ether oxygens (including phenoxy) is 2. The fourth-order valence-corrected chi connectivity index (χ4v) is 6.94. The molecule has 0 aliphatic carbocycles. The summed E-state index contributed by atoms with van der Waals surface area (Å²) in [6.07, 6.45) is -0.361. The molecule has 0 radical (unpaired) electrons. The molecular weight excluding hydrogens is 543 g/mol. The molecule has 1 saturated heterocycles. The van der Waals surface area contributed by atoms with Crippen molar-refractivity contribution in [1.29, 1.82) is 0 Å². The Labute approximate surface area is 216 Å². The lowest BCUT2D eigenvalue weighted by Gasteiger charge is -2.48.